The van der Waals surface area contributed by atoms with Gasteiger partial charge < -0.3 is 4.74 Å². The number of ether oxygens (including phenoxy) is 1. The van der Waals surface area contributed by atoms with Gasteiger partial charge in [-0.3, -0.25) is 4.79 Å². The van der Waals surface area contributed by atoms with E-state index < -0.39 is 0 Å². The Hall–Kier alpha value is -1.05. The van der Waals surface area contributed by atoms with Gasteiger partial charge in [0.1, 0.15) is 6.61 Å². The van der Waals surface area contributed by atoms with E-state index in [0.29, 0.717) is 6.61 Å². The molecule has 78 valence electrons. The topological polar surface area (TPSA) is 26.3 Å². The van der Waals surface area contributed by atoms with Crippen molar-refractivity contribution in [3.63, 3.8) is 0 Å². The monoisotopic (exact) mass is 194 g/mol. The van der Waals surface area contributed by atoms with Crippen molar-refractivity contribution in [1.29, 1.82) is 0 Å². The van der Waals surface area contributed by atoms with Crippen LogP contribution in [0.25, 0.3) is 0 Å². The third-order valence-corrected chi connectivity index (χ3v) is 2.83. The molecule has 1 aliphatic rings. The van der Waals surface area contributed by atoms with Crippen LogP contribution in [0.5, 0.6) is 0 Å². The number of hydrogen-bond donors (Lipinski definition) is 0. The van der Waals surface area contributed by atoms with E-state index in [-0.39, 0.29) is 11.4 Å². The number of carbonyl (C=O) groups excluding carboxylic acids is 1. The highest BCUT2D eigenvalue weighted by Crippen LogP contribution is 2.35. The lowest BCUT2D eigenvalue weighted by atomic mass is 9.77. The van der Waals surface area contributed by atoms with Crippen molar-refractivity contribution < 1.29 is 9.53 Å². The van der Waals surface area contributed by atoms with E-state index in [1.54, 1.807) is 0 Å². The summed E-state index contributed by atoms with van der Waals surface area (Å²) >= 11 is 0. The Morgan fingerprint density at radius 2 is 2.50 bits per heavy atom. The van der Waals surface area contributed by atoms with Gasteiger partial charge in [0.15, 0.2) is 0 Å². The van der Waals surface area contributed by atoms with Gasteiger partial charge in [0, 0.05) is 6.92 Å². The Morgan fingerprint density at radius 1 is 1.79 bits per heavy atom. The van der Waals surface area contributed by atoms with Crippen LogP contribution in [0, 0.1) is 5.41 Å². The molecule has 0 unspecified atom stereocenters. The fourth-order valence-corrected chi connectivity index (χ4v) is 1.54. The van der Waals surface area contributed by atoms with Crippen LogP contribution >= 0.6 is 0 Å². The SMILES string of the molecule is C=C[C@]1(C)CC=C(COC(C)=O)CC1. The van der Waals surface area contributed by atoms with Gasteiger partial charge in [-0.2, -0.15) is 0 Å². The van der Waals surface area contributed by atoms with Crippen molar-refractivity contribution in [3.8, 4) is 0 Å². The summed E-state index contributed by atoms with van der Waals surface area (Å²) in [5.74, 6) is -0.206. The highest BCUT2D eigenvalue weighted by molar-refractivity contribution is 5.66. The lowest BCUT2D eigenvalue weighted by Gasteiger charge is -2.29. The molecule has 0 bridgehead atoms. The van der Waals surface area contributed by atoms with Crippen LogP contribution in [0.15, 0.2) is 24.3 Å². The standard InChI is InChI=1S/C12H18O2/c1-4-12(3)7-5-11(6-8-12)9-14-10(2)13/h4-5H,1,6-9H2,2-3H3/t12-/m1/s1. The van der Waals surface area contributed by atoms with E-state index in [0.717, 1.165) is 19.3 Å². The minimum Gasteiger partial charge on any atom is -0.461 e. The summed E-state index contributed by atoms with van der Waals surface area (Å²) < 4.78 is 4.95. The van der Waals surface area contributed by atoms with Gasteiger partial charge in [-0.25, -0.2) is 0 Å². The second-order valence-corrected chi connectivity index (χ2v) is 4.20. The van der Waals surface area contributed by atoms with Crippen LogP contribution in [0.3, 0.4) is 0 Å². The summed E-state index contributed by atoms with van der Waals surface area (Å²) in [5, 5.41) is 0. The molecule has 0 saturated heterocycles. The van der Waals surface area contributed by atoms with Crippen LogP contribution in [-0.2, 0) is 9.53 Å². The van der Waals surface area contributed by atoms with Crippen LogP contribution < -0.4 is 0 Å². The molecule has 0 amide bonds. The number of allylic oxidation sites excluding steroid dienone is 2. The number of esters is 1. The average Bonchev–Trinajstić information content (AvgIpc) is 2.17. The number of hydrogen-bond acceptors (Lipinski definition) is 2. The van der Waals surface area contributed by atoms with Crippen molar-refractivity contribution in [1.82, 2.24) is 0 Å². The highest BCUT2D eigenvalue weighted by Gasteiger charge is 2.23. The minimum atomic E-state index is -0.206. The first kappa shape index (κ1) is 11.0. The fourth-order valence-electron chi connectivity index (χ4n) is 1.54. The molecule has 1 rings (SSSR count). The maximum atomic E-state index is 10.6. The van der Waals surface area contributed by atoms with Crippen LogP contribution in [0.1, 0.15) is 33.1 Å². The molecule has 2 nitrogen and oxygen atoms in total. The fraction of sp³-hybridized carbons (Fsp3) is 0.583. The summed E-state index contributed by atoms with van der Waals surface area (Å²) in [6.07, 6.45) is 7.31. The first-order valence-corrected chi connectivity index (χ1v) is 5.00. The van der Waals surface area contributed by atoms with E-state index in [9.17, 15) is 4.79 Å². The van der Waals surface area contributed by atoms with E-state index in [4.69, 9.17) is 4.74 Å². The predicted molar refractivity (Wildman–Crippen MR) is 56.9 cm³/mol. The first-order valence-electron chi connectivity index (χ1n) is 5.00. The predicted octanol–water partition coefficient (Wildman–Crippen LogP) is 2.85. The molecule has 0 heterocycles. The number of carbonyl (C=O) groups is 1. The normalized spacial score (nSPS) is 26.6. The highest BCUT2D eigenvalue weighted by atomic mass is 16.5. The van der Waals surface area contributed by atoms with Crippen molar-refractivity contribution >= 4 is 5.97 Å². The summed E-state index contributed by atoms with van der Waals surface area (Å²) in [6, 6.07) is 0. The van der Waals surface area contributed by atoms with Crippen LogP contribution in [0.2, 0.25) is 0 Å². The molecule has 0 spiro atoms. The van der Waals surface area contributed by atoms with Crippen LogP contribution in [-0.4, -0.2) is 12.6 Å². The first-order chi connectivity index (χ1) is 6.56. The second kappa shape index (κ2) is 4.45. The summed E-state index contributed by atoms with van der Waals surface area (Å²) in [5.41, 5.74) is 1.47. The molecule has 0 aromatic heterocycles. The quantitative estimate of drug-likeness (QED) is 0.510. The lowest BCUT2D eigenvalue weighted by Crippen LogP contribution is -2.17. The molecule has 0 aromatic rings. The van der Waals surface area contributed by atoms with Gasteiger partial charge in [-0.15, -0.1) is 6.58 Å². The minimum absolute atomic E-state index is 0.206. The third-order valence-electron chi connectivity index (χ3n) is 2.83. The average molecular weight is 194 g/mol. The van der Waals surface area contributed by atoms with E-state index >= 15 is 0 Å². The van der Waals surface area contributed by atoms with Gasteiger partial charge in [0.05, 0.1) is 0 Å². The largest absolute Gasteiger partial charge is 0.461 e. The zero-order valence-corrected chi connectivity index (χ0v) is 9.01. The molecule has 1 atom stereocenters. The summed E-state index contributed by atoms with van der Waals surface area (Å²) in [4.78, 5) is 10.6. The molecule has 0 saturated carbocycles. The van der Waals surface area contributed by atoms with Gasteiger partial charge in [-0.1, -0.05) is 19.1 Å². The molecule has 0 fully saturated rings. The lowest BCUT2D eigenvalue weighted by molar-refractivity contribution is -0.140. The van der Waals surface area contributed by atoms with Gasteiger partial charge >= 0.3 is 5.97 Å². The van der Waals surface area contributed by atoms with Crippen molar-refractivity contribution in [2.24, 2.45) is 5.41 Å². The zero-order chi connectivity index (χ0) is 10.6. The van der Waals surface area contributed by atoms with Gasteiger partial charge in [0.2, 0.25) is 0 Å². The summed E-state index contributed by atoms with van der Waals surface area (Å²) in [6.45, 7) is 7.95. The Balaban J connectivity index is 2.45. The smallest absolute Gasteiger partial charge is 0.302 e. The van der Waals surface area contributed by atoms with Crippen molar-refractivity contribution in [3.05, 3.63) is 24.3 Å². The molecule has 0 aliphatic heterocycles. The maximum absolute atomic E-state index is 10.6. The summed E-state index contributed by atoms with van der Waals surface area (Å²) in [7, 11) is 0. The molecule has 1 aliphatic carbocycles. The molecule has 0 aromatic carbocycles. The number of rotatable bonds is 3. The Bertz CT molecular complexity index is 265. The third kappa shape index (κ3) is 3.02. The molecular formula is C12H18O2. The van der Waals surface area contributed by atoms with Gasteiger partial charge in [0.25, 0.3) is 0 Å². The molecule has 0 radical (unpaired) electrons. The van der Waals surface area contributed by atoms with Crippen molar-refractivity contribution in [2.75, 3.05) is 6.61 Å². The van der Waals surface area contributed by atoms with Gasteiger partial charge in [-0.05, 0) is 30.3 Å². The Labute approximate surface area is 85.6 Å². The maximum Gasteiger partial charge on any atom is 0.302 e. The molecular weight excluding hydrogens is 176 g/mol. The molecule has 14 heavy (non-hydrogen) atoms. The van der Waals surface area contributed by atoms with E-state index in [1.807, 2.05) is 6.08 Å². The van der Waals surface area contributed by atoms with E-state index in [1.165, 1.54) is 12.5 Å². The van der Waals surface area contributed by atoms with E-state index in [2.05, 4.69) is 19.6 Å². The second-order valence-electron chi connectivity index (χ2n) is 4.20. The zero-order valence-electron chi connectivity index (χ0n) is 9.01. The molecule has 0 N–H and O–H groups in total. The molecule has 2 heteroatoms. The Kier molecular flexibility index (Phi) is 3.50. The van der Waals surface area contributed by atoms with Crippen LogP contribution in [0.4, 0.5) is 0 Å². The Morgan fingerprint density at radius 3 is 2.93 bits per heavy atom. The van der Waals surface area contributed by atoms with Crippen molar-refractivity contribution in [2.45, 2.75) is 33.1 Å².